The molecule has 0 saturated heterocycles. The fourth-order valence-electron chi connectivity index (χ4n) is 1.53. The molecule has 1 aromatic rings. The molecular formula is C15H19ClFNO4S. The summed E-state index contributed by atoms with van der Waals surface area (Å²) >= 11 is 5.90. The van der Waals surface area contributed by atoms with Crippen molar-refractivity contribution >= 4 is 27.5 Å². The average molecular weight is 375 g/mol. The van der Waals surface area contributed by atoms with E-state index in [1.807, 2.05) is 0 Å². The van der Waals surface area contributed by atoms with Gasteiger partial charge in [0.15, 0.2) is 0 Å². The highest BCUT2D eigenvalue weighted by atomic mass is 35.5. The maximum atomic E-state index is 14.4. The van der Waals surface area contributed by atoms with E-state index < -0.39 is 82.4 Å². The van der Waals surface area contributed by atoms with Gasteiger partial charge < -0.3 is 4.74 Å². The number of benzene rings is 1. The third kappa shape index (κ3) is 5.35. The monoisotopic (exact) mass is 374 g/mol. The molecule has 1 amide bonds. The van der Waals surface area contributed by atoms with E-state index in [0.717, 1.165) is 0 Å². The number of nitrogens with one attached hydrogen (secondary N) is 1. The molecule has 5 nitrogen and oxygen atoms in total. The minimum atomic E-state index is -4.05. The van der Waals surface area contributed by atoms with E-state index in [-0.39, 0.29) is 0 Å². The highest BCUT2D eigenvalue weighted by molar-refractivity contribution is 7.89. The van der Waals surface area contributed by atoms with Crippen molar-refractivity contribution in [1.29, 1.82) is 0 Å². The van der Waals surface area contributed by atoms with Gasteiger partial charge in [-0.3, -0.25) is 4.79 Å². The van der Waals surface area contributed by atoms with Gasteiger partial charge in [0, 0.05) is 21.1 Å². The second-order valence-corrected chi connectivity index (χ2v) is 6.51. The average Bonchev–Trinajstić information content (AvgIpc) is 2.64. The Hall–Kier alpha value is -1.34. The molecule has 0 atom stereocenters. The smallest absolute Gasteiger partial charge is 0.267 e. The van der Waals surface area contributed by atoms with Crippen LogP contribution in [0.2, 0.25) is 5.02 Å². The quantitative estimate of drug-likeness (QED) is 0.859. The second-order valence-electron chi connectivity index (χ2n) is 4.36. The van der Waals surface area contributed by atoms with E-state index in [1.165, 1.54) is 4.72 Å². The molecule has 0 bridgehead atoms. The van der Waals surface area contributed by atoms with Crippen LogP contribution >= 0.6 is 11.6 Å². The molecule has 0 heterocycles. The Kier molecular flexibility index (Phi) is 2.66. The molecule has 1 aliphatic rings. The number of carbonyl (C=O) groups excluding carboxylic acids is 1. The van der Waals surface area contributed by atoms with Crippen molar-refractivity contribution in [1.82, 2.24) is 4.72 Å². The summed E-state index contributed by atoms with van der Waals surface area (Å²) in [5.41, 5.74) is -0.826. The topological polar surface area (TPSA) is 72.5 Å². The van der Waals surface area contributed by atoms with E-state index in [9.17, 15) is 17.6 Å². The van der Waals surface area contributed by atoms with Gasteiger partial charge in [0.25, 0.3) is 5.91 Å². The van der Waals surface area contributed by atoms with Gasteiger partial charge in [-0.15, -0.1) is 0 Å². The van der Waals surface area contributed by atoms with Crippen LogP contribution in [0.4, 0.5) is 4.39 Å². The largest absolute Gasteiger partial charge is 0.492 e. The summed E-state index contributed by atoms with van der Waals surface area (Å²) in [5.74, 6) is -6.85. The number of carbonyl (C=O) groups is 1. The highest BCUT2D eigenvalue weighted by Gasteiger charge is 2.20. The Morgan fingerprint density at radius 2 is 2.13 bits per heavy atom. The zero-order chi connectivity index (χ0) is 26.9. The summed E-state index contributed by atoms with van der Waals surface area (Å²) < 4.78 is 131. The summed E-state index contributed by atoms with van der Waals surface area (Å²) in [6.07, 6.45) is -17.9. The Morgan fingerprint density at radius 1 is 1.48 bits per heavy atom. The predicted octanol–water partition coefficient (Wildman–Crippen LogP) is 3.13. The van der Waals surface area contributed by atoms with E-state index >= 15 is 0 Å². The summed E-state index contributed by atoms with van der Waals surface area (Å²) in [5, 5.41) is -0.554. The molecule has 0 spiro atoms. The fraction of sp³-hybridized carbons (Fsp3) is 0.533. The van der Waals surface area contributed by atoms with Crippen molar-refractivity contribution in [2.75, 3.05) is 12.9 Å². The molecule has 1 aromatic carbocycles. The third-order valence-electron chi connectivity index (χ3n) is 2.47. The minimum absolute atomic E-state index is 0.458. The molecule has 1 aliphatic carbocycles. The zero-order valence-corrected chi connectivity index (χ0v) is 13.2. The SMILES string of the molecule is [2H]C1([2H])C([2H])([2H])C([2H])([2H])C([2H])(COc2cc(F)c(C(=O)NS(C)(=O)=O)cc2Cl)C([2H])([2H])C1([2H])[2H]. The van der Waals surface area contributed by atoms with Gasteiger partial charge in [-0.25, -0.2) is 17.5 Å². The standard InChI is InChI=1S/C15H19ClFNO4S/c1-23(20,21)18-15(19)11-7-12(16)14(8-13(11)17)22-9-10-5-3-2-4-6-10/h7-8,10H,2-6,9H2,1H3,(H,18,19)/i2D2,3D2,4D2,5D2,6D2,10D. The van der Waals surface area contributed by atoms with Gasteiger partial charge in [-0.05, 0) is 24.7 Å². The number of sulfonamides is 1. The normalized spacial score (nSPS) is 35.5. The number of hydrogen-bond acceptors (Lipinski definition) is 4. The van der Waals surface area contributed by atoms with Crippen LogP contribution in [0.15, 0.2) is 12.1 Å². The van der Waals surface area contributed by atoms with Crippen molar-refractivity contribution in [2.45, 2.75) is 31.9 Å². The Labute approximate surface area is 155 Å². The lowest BCUT2D eigenvalue weighted by molar-refractivity contribution is 0.0977. The Balaban J connectivity index is 2.51. The first kappa shape index (κ1) is 8.16. The molecular weight excluding hydrogens is 345 g/mol. The predicted molar refractivity (Wildman–Crippen MR) is 85.8 cm³/mol. The maximum Gasteiger partial charge on any atom is 0.267 e. The summed E-state index contributed by atoms with van der Waals surface area (Å²) in [7, 11) is -4.05. The van der Waals surface area contributed by atoms with Crippen LogP contribution in [0.1, 0.15) is 57.3 Å². The molecule has 1 N–H and O–H groups in total. The molecule has 23 heavy (non-hydrogen) atoms. The van der Waals surface area contributed by atoms with Gasteiger partial charge >= 0.3 is 0 Å². The third-order valence-corrected chi connectivity index (χ3v) is 3.32. The lowest BCUT2D eigenvalue weighted by Crippen LogP contribution is -2.30. The second kappa shape index (κ2) is 7.49. The van der Waals surface area contributed by atoms with Crippen LogP contribution in [-0.2, 0) is 10.0 Å². The van der Waals surface area contributed by atoms with E-state index in [0.29, 0.717) is 18.4 Å². The van der Waals surface area contributed by atoms with Crippen molar-refractivity contribution in [3.63, 3.8) is 0 Å². The first-order valence-electron chi connectivity index (χ1n) is 11.5. The van der Waals surface area contributed by atoms with Crippen LogP contribution in [0.3, 0.4) is 0 Å². The van der Waals surface area contributed by atoms with Crippen LogP contribution in [0, 0.1) is 11.7 Å². The summed E-state index contributed by atoms with van der Waals surface area (Å²) in [4.78, 5) is 11.9. The van der Waals surface area contributed by atoms with Crippen molar-refractivity contribution < 1.29 is 37.4 Å². The number of halogens is 2. The van der Waals surface area contributed by atoms with Crippen LogP contribution in [0.25, 0.3) is 0 Å². The molecule has 1 fully saturated rings. The van der Waals surface area contributed by atoms with Gasteiger partial charge in [0.2, 0.25) is 10.0 Å². The molecule has 2 rings (SSSR count). The van der Waals surface area contributed by atoms with Gasteiger partial charge in [-0.1, -0.05) is 30.7 Å². The molecule has 128 valence electrons. The van der Waals surface area contributed by atoms with Crippen LogP contribution in [0.5, 0.6) is 5.75 Å². The number of ether oxygens (including phenoxy) is 1. The van der Waals surface area contributed by atoms with E-state index in [1.54, 1.807) is 0 Å². The van der Waals surface area contributed by atoms with Crippen LogP contribution in [-0.4, -0.2) is 27.2 Å². The number of hydrogen-bond donors (Lipinski definition) is 1. The maximum absolute atomic E-state index is 14.4. The lowest BCUT2D eigenvalue weighted by Gasteiger charge is -2.22. The summed E-state index contributed by atoms with van der Waals surface area (Å²) in [6.45, 7) is -1.45. The van der Waals surface area contributed by atoms with Gasteiger partial charge in [0.05, 0.1) is 23.4 Å². The Bertz CT molecular complexity index is 1100. The molecule has 0 aromatic heterocycles. The minimum Gasteiger partial charge on any atom is -0.492 e. The first-order chi connectivity index (χ1) is 14.9. The van der Waals surface area contributed by atoms with E-state index in [2.05, 4.69) is 0 Å². The highest BCUT2D eigenvalue weighted by Crippen LogP contribution is 2.30. The van der Waals surface area contributed by atoms with Gasteiger partial charge in [0.1, 0.15) is 11.6 Å². The lowest BCUT2D eigenvalue weighted by atomic mass is 9.90. The zero-order valence-electron chi connectivity index (χ0n) is 22.7. The number of amides is 1. The molecule has 8 heteroatoms. The van der Waals surface area contributed by atoms with Crippen molar-refractivity contribution in [3.05, 3.63) is 28.5 Å². The summed E-state index contributed by atoms with van der Waals surface area (Å²) in [6, 6.07) is 1.10. The van der Waals surface area contributed by atoms with E-state index in [4.69, 9.17) is 31.4 Å². The van der Waals surface area contributed by atoms with Crippen molar-refractivity contribution in [3.8, 4) is 5.75 Å². The van der Waals surface area contributed by atoms with Gasteiger partial charge in [-0.2, -0.15) is 0 Å². The molecule has 0 unspecified atom stereocenters. The molecule has 1 saturated carbocycles. The van der Waals surface area contributed by atoms with Crippen LogP contribution < -0.4 is 9.46 Å². The first-order valence-corrected chi connectivity index (χ1v) is 8.30. The Morgan fingerprint density at radius 3 is 2.74 bits per heavy atom. The molecule has 0 radical (unpaired) electrons. The van der Waals surface area contributed by atoms with Crippen molar-refractivity contribution in [2.24, 2.45) is 5.89 Å². The fourth-order valence-corrected chi connectivity index (χ4v) is 2.20. The molecule has 0 aliphatic heterocycles. The number of rotatable bonds is 5.